The predicted octanol–water partition coefficient (Wildman–Crippen LogP) is 3.67. The highest BCUT2D eigenvalue weighted by atomic mass is 32.1. The van der Waals surface area contributed by atoms with Crippen LogP contribution in [0.4, 0.5) is 5.69 Å². The van der Waals surface area contributed by atoms with Gasteiger partial charge in [0.25, 0.3) is 0 Å². The van der Waals surface area contributed by atoms with E-state index in [0.29, 0.717) is 11.3 Å². The molecule has 4 nitrogen and oxygen atoms in total. The Balaban J connectivity index is 2.20. The molecule has 0 aliphatic heterocycles. The summed E-state index contributed by atoms with van der Waals surface area (Å²) >= 11 is 1.54. The fourth-order valence-electron chi connectivity index (χ4n) is 2.01. The smallest absolute Gasteiger partial charge is 0.335 e. The number of carboxylic acid groups (broad SMARTS) is 1. The molecule has 21 heavy (non-hydrogen) atoms. The quantitative estimate of drug-likeness (QED) is 0.905. The van der Waals surface area contributed by atoms with Crippen LogP contribution in [-0.4, -0.2) is 17.0 Å². The van der Waals surface area contributed by atoms with E-state index in [0.717, 1.165) is 4.88 Å². The van der Waals surface area contributed by atoms with Gasteiger partial charge in [0.1, 0.15) is 0 Å². The molecule has 1 heterocycles. The van der Waals surface area contributed by atoms with Gasteiger partial charge >= 0.3 is 5.97 Å². The lowest BCUT2D eigenvalue weighted by Gasteiger charge is -2.22. The van der Waals surface area contributed by atoms with Crippen LogP contribution in [0, 0.1) is 6.92 Å². The zero-order chi connectivity index (χ0) is 15.6. The summed E-state index contributed by atoms with van der Waals surface area (Å²) in [6, 6.07) is 8.64. The zero-order valence-corrected chi connectivity index (χ0v) is 13.0. The van der Waals surface area contributed by atoms with Crippen LogP contribution < -0.4 is 5.32 Å². The SMILES string of the molecule is Cc1cc(NC(=O)C(C)(C)c2cccs2)ccc1C(=O)O. The lowest BCUT2D eigenvalue weighted by Crippen LogP contribution is -2.34. The molecule has 0 aliphatic rings. The second-order valence-corrected chi connectivity index (χ2v) is 6.34. The average Bonchev–Trinajstić information content (AvgIpc) is 2.92. The minimum atomic E-state index is -0.968. The lowest BCUT2D eigenvalue weighted by atomic mass is 9.90. The van der Waals surface area contributed by atoms with Crippen molar-refractivity contribution in [2.75, 3.05) is 5.32 Å². The number of anilines is 1. The molecule has 2 rings (SSSR count). The second kappa shape index (κ2) is 5.69. The molecular formula is C16H17NO3S. The molecule has 1 amide bonds. The lowest BCUT2D eigenvalue weighted by molar-refractivity contribution is -0.120. The number of carboxylic acids is 1. The number of benzene rings is 1. The molecule has 2 N–H and O–H groups in total. The van der Waals surface area contributed by atoms with Crippen molar-refractivity contribution in [3.63, 3.8) is 0 Å². The first-order valence-corrected chi connectivity index (χ1v) is 7.39. The van der Waals surface area contributed by atoms with Crippen LogP contribution in [0.2, 0.25) is 0 Å². The average molecular weight is 303 g/mol. The fraction of sp³-hybridized carbons (Fsp3) is 0.250. The van der Waals surface area contributed by atoms with Crippen LogP contribution in [-0.2, 0) is 10.2 Å². The van der Waals surface area contributed by atoms with Crippen molar-refractivity contribution in [1.82, 2.24) is 0 Å². The van der Waals surface area contributed by atoms with Gasteiger partial charge in [0.2, 0.25) is 5.91 Å². The molecular weight excluding hydrogens is 286 g/mol. The highest BCUT2D eigenvalue weighted by Gasteiger charge is 2.30. The van der Waals surface area contributed by atoms with Gasteiger partial charge in [-0.05, 0) is 56.0 Å². The van der Waals surface area contributed by atoms with Crippen molar-refractivity contribution in [3.05, 3.63) is 51.7 Å². The van der Waals surface area contributed by atoms with Crippen molar-refractivity contribution in [3.8, 4) is 0 Å². The maximum atomic E-state index is 12.4. The van der Waals surface area contributed by atoms with Gasteiger partial charge in [-0.25, -0.2) is 4.79 Å². The number of carbonyl (C=O) groups is 2. The van der Waals surface area contributed by atoms with Crippen LogP contribution >= 0.6 is 11.3 Å². The third-order valence-electron chi connectivity index (χ3n) is 3.42. The van der Waals surface area contributed by atoms with Crippen LogP contribution in [0.5, 0.6) is 0 Å². The van der Waals surface area contributed by atoms with Crippen LogP contribution in [0.15, 0.2) is 35.7 Å². The molecule has 0 radical (unpaired) electrons. The summed E-state index contributed by atoms with van der Waals surface area (Å²) in [5, 5.41) is 13.8. The van der Waals surface area contributed by atoms with Gasteiger partial charge in [0, 0.05) is 10.6 Å². The topological polar surface area (TPSA) is 66.4 Å². The first kappa shape index (κ1) is 15.3. The molecule has 110 valence electrons. The van der Waals surface area contributed by atoms with Crippen molar-refractivity contribution in [1.29, 1.82) is 0 Å². The summed E-state index contributed by atoms with van der Waals surface area (Å²) < 4.78 is 0. The van der Waals surface area contributed by atoms with Crippen LogP contribution in [0.3, 0.4) is 0 Å². The number of aromatic carboxylic acids is 1. The normalized spacial score (nSPS) is 11.2. The highest BCUT2D eigenvalue weighted by molar-refractivity contribution is 7.10. The Hall–Kier alpha value is -2.14. The van der Waals surface area contributed by atoms with Crippen LogP contribution in [0.1, 0.15) is 34.6 Å². The van der Waals surface area contributed by atoms with Gasteiger partial charge in [0.15, 0.2) is 0 Å². The Morgan fingerprint density at radius 2 is 1.95 bits per heavy atom. The molecule has 2 aromatic rings. The number of nitrogens with one attached hydrogen (secondary N) is 1. The molecule has 5 heteroatoms. The van der Waals surface area contributed by atoms with Crippen LogP contribution in [0.25, 0.3) is 0 Å². The molecule has 0 saturated heterocycles. The Morgan fingerprint density at radius 3 is 2.48 bits per heavy atom. The number of rotatable bonds is 4. The Bertz CT molecular complexity index is 675. The molecule has 0 aliphatic carbocycles. The van der Waals surface area contributed by atoms with Crippen molar-refractivity contribution in [2.45, 2.75) is 26.2 Å². The van der Waals surface area contributed by atoms with Gasteiger partial charge in [-0.15, -0.1) is 11.3 Å². The molecule has 1 aromatic heterocycles. The number of hydrogen-bond acceptors (Lipinski definition) is 3. The van der Waals surface area contributed by atoms with Gasteiger partial charge in [0.05, 0.1) is 11.0 Å². The van der Waals surface area contributed by atoms with Gasteiger partial charge in [-0.1, -0.05) is 6.07 Å². The summed E-state index contributed by atoms with van der Waals surface area (Å²) in [5.41, 5.74) is 0.833. The van der Waals surface area contributed by atoms with E-state index in [9.17, 15) is 9.59 Å². The number of hydrogen-bond donors (Lipinski definition) is 2. The molecule has 0 unspecified atom stereocenters. The van der Waals surface area contributed by atoms with Gasteiger partial charge < -0.3 is 10.4 Å². The first-order valence-electron chi connectivity index (χ1n) is 6.52. The van der Waals surface area contributed by atoms with Crippen molar-refractivity contribution in [2.24, 2.45) is 0 Å². The molecule has 0 atom stereocenters. The standard InChI is InChI=1S/C16H17NO3S/c1-10-9-11(6-7-12(10)14(18)19)17-15(20)16(2,3)13-5-4-8-21-13/h4-9H,1-3H3,(H,17,20)(H,18,19). The van der Waals surface area contributed by atoms with E-state index in [-0.39, 0.29) is 11.5 Å². The molecule has 0 fully saturated rings. The second-order valence-electron chi connectivity index (χ2n) is 5.39. The summed E-state index contributed by atoms with van der Waals surface area (Å²) in [5.74, 6) is -1.09. The third kappa shape index (κ3) is 3.13. The Labute approximate surface area is 127 Å². The number of aryl methyl sites for hydroxylation is 1. The highest BCUT2D eigenvalue weighted by Crippen LogP contribution is 2.29. The maximum Gasteiger partial charge on any atom is 0.335 e. The largest absolute Gasteiger partial charge is 0.478 e. The van der Waals surface area contributed by atoms with E-state index < -0.39 is 11.4 Å². The third-order valence-corrected chi connectivity index (χ3v) is 4.61. The predicted molar refractivity (Wildman–Crippen MR) is 84.1 cm³/mol. The zero-order valence-electron chi connectivity index (χ0n) is 12.1. The summed E-state index contributed by atoms with van der Waals surface area (Å²) in [7, 11) is 0. The van der Waals surface area contributed by atoms with E-state index >= 15 is 0 Å². The van der Waals surface area contributed by atoms with E-state index in [1.165, 1.54) is 17.4 Å². The summed E-state index contributed by atoms with van der Waals surface area (Å²) in [4.78, 5) is 24.4. The minimum Gasteiger partial charge on any atom is -0.478 e. The number of thiophene rings is 1. The van der Waals surface area contributed by atoms with E-state index in [1.54, 1.807) is 19.1 Å². The summed E-state index contributed by atoms with van der Waals surface area (Å²) in [6.45, 7) is 5.45. The molecule has 0 bridgehead atoms. The van der Waals surface area contributed by atoms with E-state index in [1.807, 2.05) is 31.4 Å². The Kier molecular flexibility index (Phi) is 4.14. The fourth-order valence-corrected chi connectivity index (χ4v) is 2.86. The van der Waals surface area contributed by atoms with E-state index in [4.69, 9.17) is 5.11 Å². The number of carbonyl (C=O) groups excluding carboxylic acids is 1. The minimum absolute atomic E-state index is 0.118. The van der Waals surface area contributed by atoms with Crippen molar-refractivity contribution >= 4 is 28.9 Å². The molecule has 0 spiro atoms. The molecule has 1 aromatic carbocycles. The molecule has 0 saturated carbocycles. The maximum absolute atomic E-state index is 12.4. The van der Waals surface area contributed by atoms with Gasteiger partial charge in [-0.3, -0.25) is 4.79 Å². The van der Waals surface area contributed by atoms with Gasteiger partial charge in [-0.2, -0.15) is 0 Å². The number of amides is 1. The van der Waals surface area contributed by atoms with E-state index in [2.05, 4.69) is 5.32 Å². The first-order chi connectivity index (χ1) is 9.82. The Morgan fingerprint density at radius 1 is 1.24 bits per heavy atom. The van der Waals surface area contributed by atoms with Crippen molar-refractivity contribution < 1.29 is 14.7 Å². The monoisotopic (exact) mass is 303 g/mol. The summed E-state index contributed by atoms with van der Waals surface area (Å²) in [6.07, 6.45) is 0.